The van der Waals surface area contributed by atoms with E-state index in [1.54, 1.807) is 47.6 Å². The van der Waals surface area contributed by atoms with Gasteiger partial charge < -0.3 is 14.2 Å². The van der Waals surface area contributed by atoms with E-state index in [1.165, 1.54) is 12.3 Å². The van der Waals surface area contributed by atoms with Crippen molar-refractivity contribution in [1.29, 1.82) is 0 Å². The Kier molecular flexibility index (Phi) is 6.84. The Balaban J connectivity index is 2.18. The molecule has 0 aliphatic heterocycles. The first-order valence-electron chi connectivity index (χ1n) is 9.33. The Morgan fingerprint density at radius 3 is 1.86 bits per heavy atom. The van der Waals surface area contributed by atoms with Crippen LogP contribution >= 0.6 is 0 Å². The van der Waals surface area contributed by atoms with Gasteiger partial charge in [-0.25, -0.2) is 14.6 Å². The highest BCUT2D eigenvalue weighted by Crippen LogP contribution is 2.22. The van der Waals surface area contributed by atoms with Crippen molar-refractivity contribution in [2.45, 2.75) is 59.4 Å². The lowest BCUT2D eigenvalue weighted by molar-refractivity contribution is 0.0429. The maximum absolute atomic E-state index is 12.6. The molecule has 7 heteroatoms. The first kappa shape index (κ1) is 22.2. The monoisotopic (exact) mass is 400 g/mol. The van der Waals surface area contributed by atoms with Crippen molar-refractivity contribution in [2.24, 2.45) is 0 Å². The van der Waals surface area contributed by atoms with Gasteiger partial charge in [-0.05, 0) is 59.2 Å². The van der Waals surface area contributed by atoms with Crippen molar-refractivity contribution in [2.75, 3.05) is 4.90 Å². The van der Waals surface area contributed by atoms with Crippen molar-refractivity contribution in [1.82, 2.24) is 4.98 Å². The van der Waals surface area contributed by atoms with E-state index in [0.717, 1.165) is 10.5 Å². The predicted octanol–water partition coefficient (Wildman–Crippen LogP) is 5.34. The van der Waals surface area contributed by atoms with Gasteiger partial charge in [0.2, 0.25) is 0 Å². The minimum Gasteiger partial charge on any atom is -0.487 e. The number of imide groups is 1. The maximum atomic E-state index is 12.6. The average molecular weight is 400 g/mol. The molecule has 0 atom stereocenters. The summed E-state index contributed by atoms with van der Waals surface area (Å²) < 4.78 is 16.4. The summed E-state index contributed by atoms with van der Waals surface area (Å²) in [4.78, 5) is 30.2. The standard InChI is InChI=1S/C22H28N2O5/c1-21(2,3)28-19(25)24(20(26)29-22(4,5)6)18-13-12-17(14-23-18)27-15-16-10-8-7-9-11-16/h7-14H,15H2,1-6H3. The molecule has 0 aliphatic carbocycles. The molecular weight excluding hydrogens is 372 g/mol. The highest BCUT2D eigenvalue weighted by Gasteiger charge is 2.33. The molecule has 29 heavy (non-hydrogen) atoms. The van der Waals surface area contributed by atoms with Crippen LogP contribution in [0.15, 0.2) is 48.7 Å². The summed E-state index contributed by atoms with van der Waals surface area (Å²) in [5.74, 6) is 0.589. The van der Waals surface area contributed by atoms with Crippen molar-refractivity contribution in [3.05, 3.63) is 54.2 Å². The summed E-state index contributed by atoms with van der Waals surface area (Å²) in [7, 11) is 0. The molecule has 0 saturated carbocycles. The van der Waals surface area contributed by atoms with Crippen LogP contribution < -0.4 is 9.64 Å². The third-order valence-corrected chi connectivity index (χ3v) is 3.35. The summed E-state index contributed by atoms with van der Waals surface area (Å²) in [5.41, 5.74) is -0.549. The van der Waals surface area contributed by atoms with Gasteiger partial charge in [-0.15, -0.1) is 0 Å². The highest BCUT2D eigenvalue weighted by atomic mass is 16.6. The van der Waals surface area contributed by atoms with Crippen LogP contribution in [0.4, 0.5) is 15.4 Å². The Morgan fingerprint density at radius 1 is 0.862 bits per heavy atom. The van der Waals surface area contributed by atoms with Crippen LogP contribution in [0.1, 0.15) is 47.1 Å². The zero-order valence-corrected chi connectivity index (χ0v) is 17.8. The summed E-state index contributed by atoms with van der Waals surface area (Å²) in [6.07, 6.45) is -0.283. The third kappa shape index (κ3) is 7.44. The summed E-state index contributed by atoms with van der Waals surface area (Å²) >= 11 is 0. The van der Waals surface area contributed by atoms with Crippen LogP contribution in [0, 0.1) is 0 Å². The van der Waals surface area contributed by atoms with E-state index in [-0.39, 0.29) is 5.82 Å². The van der Waals surface area contributed by atoms with Crippen LogP contribution in [0.3, 0.4) is 0 Å². The summed E-state index contributed by atoms with van der Waals surface area (Å²) in [6, 6.07) is 12.8. The molecule has 0 aliphatic rings. The molecule has 0 bridgehead atoms. The minimum atomic E-state index is -0.864. The number of amides is 2. The molecule has 2 amide bonds. The smallest absolute Gasteiger partial charge is 0.425 e. The second kappa shape index (κ2) is 8.94. The molecule has 0 saturated heterocycles. The zero-order chi connectivity index (χ0) is 21.7. The van der Waals surface area contributed by atoms with E-state index in [9.17, 15) is 9.59 Å². The number of carbonyl (C=O) groups excluding carboxylic acids is 2. The molecule has 0 N–H and O–H groups in total. The van der Waals surface area contributed by atoms with E-state index in [1.807, 2.05) is 30.3 Å². The van der Waals surface area contributed by atoms with Gasteiger partial charge in [0.05, 0.1) is 6.20 Å². The van der Waals surface area contributed by atoms with Crippen LogP contribution in [-0.2, 0) is 16.1 Å². The lowest BCUT2D eigenvalue weighted by atomic mass is 10.2. The fourth-order valence-electron chi connectivity index (χ4n) is 2.21. The summed E-state index contributed by atoms with van der Waals surface area (Å²) in [5, 5.41) is 0. The highest BCUT2D eigenvalue weighted by molar-refractivity contribution is 6.08. The van der Waals surface area contributed by atoms with E-state index in [4.69, 9.17) is 14.2 Å². The van der Waals surface area contributed by atoms with E-state index < -0.39 is 23.4 Å². The van der Waals surface area contributed by atoms with E-state index in [0.29, 0.717) is 12.4 Å². The Bertz CT molecular complexity index is 793. The fraction of sp³-hybridized carbons (Fsp3) is 0.409. The van der Waals surface area contributed by atoms with Crippen LogP contribution in [-0.4, -0.2) is 28.4 Å². The number of aromatic nitrogens is 1. The number of nitrogens with zero attached hydrogens (tertiary/aromatic N) is 2. The quantitative estimate of drug-likeness (QED) is 0.690. The first-order valence-corrected chi connectivity index (χ1v) is 9.33. The summed E-state index contributed by atoms with van der Waals surface area (Å²) in [6.45, 7) is 10.7. The lowest BCUT2D eigenvalue weighted by Crippen LogP contribution is -2.44. The molecule has 2 aromatic rings. The molecule has 0 unspecified atom stereocenters. The van der Waals surface area contributed by atoms with Gasteiger partial charge in [-0.1, -0.05) is 30.3 Å². The lowest BCUT2D eigenvalue weighted by Gasteiger charge is -2.28. The number of hydrogen-bond donors (Lipinski definition) is 0. The first-order chi connectivity index (χ1) is 13.4. The number of anilines is 1. The average Bonchev–Trinajstić information content (AvgIpc) is 2.59. The molecule has 1 heterocycles. The maximum Gasteiger partial charge on any atom is 0.425 e. The molecule has 0 spiro atoms. The van der Waals surface area contributed by atoms with Gasteiger partial charge >= 0.3 is 12.2 Å². The van der Waals surface area contributed by atoms with Gasteiger partial charge in [0.15, 0.2) is 0 Å². The van der Waals surface area contributed by atoms with E-state index >= 15 is 0 Å². The molecule has 7 nitrogen and oxygen atoms in total. The van der Waals surface area contributed by atoms with Crippen molar-refractivity contribution >= 4 is 18.0 Å². The second-order valence-electron chi connectivity index (χ2n) is 8.42. The molecular formula is C22H28N2O5. The van der Waals surface area contributed by atoms with Crippen molar-refractivity contribution < 1.29 is 23.8 Å². The van der Waals surface area contributed by atoms with Crippen molar-refractivity contribution in [3.63, 3.8) is 0 Å². The Morgan fingerprint density at radius 2 is 1.41 bits per heavy atom. The normalized spacial score (nSPS) is 11.5. The van der Waals surface area contributed by atoms with Crippen LogP contribution in [0.5, 0.6) is 5.75 Å². The third-order valence-electron chi connectivity index (χ3n) is 3.35. The zero-order valence-electron chi connectivity index (χ0n) is 17.8. The SMILES string of the molecule is CC(C)(C)OC(=O)N(C(=O)OC(C)(C)C)c1ccc(OCc2ccccc2)cn1. The largest absolute Gasteiger partial charge is 0.487 e. The van der Waals surface area contributed by atoms with Crippen LogP contribution in [0.2, 0.25) is 0 Å². The molecule has 1 aromatic heterocycles. The molecule has 1 aromatic carbocycles. The number of carbonyl (C=O) groups is 2. The van der Waals surface area contributed by atoms with Crippen LogP contribution in [0.25, 0.3) is 0 Å². The predicted molar refractivity (Wildman–Crippen MR) is 110 cm³/mol. The molecule has 0 fully saturated rings. The molecule has 2 rings (SSSR count). The Labute approximate surface area is 171 Å². The molecule has 156 valence electrons. The van der Waals surface area contributed by atoms with Crippen molar-refractivity contribution in [3.8, 4) is 5.75 Å². The van der Waals surface area contributed by atoms with Gasteiger partial charge in [0.25, 0.3) is 0 Å². The van der Waals surface area contributed by atoms with Gasteiger partial charge in [-0.3, -0.25) is 0 Å². The topological polar surface area (TPSA) is 78.0 Å². The minimum absolute atomic E-state index is 0.0839. The number of rotatable bonds is 4. The number of pyridine rings is 1. The van der Waals surface area contributed by atoms with E-state index in [2.05, 4.69) is 4.98 Å². The number of ether oxygens (including phenoxy) is 3. The second-order valence-corrected chi connectivity index (χ2v) is 8.42. The van der Waals surface area contributed by atoms with Gasteiger partial charge in [0, 0.05) is 0 Å². The van der Waals surface area contributed by atoms with Gasteiger partial charge in [-0.2, -0.15) is 4.90 Å². The van der Waals surface area contributed by atoms with Gasteiger partial charge in [0.1, 0.15) is 29.4 Å². The number of hydrogen-bond acceptors (Lipinski definition) is 6. The Hall–Kier alpha value is -3.09. The fourth-order valence-corrected chi connectivity index (χ4v) is 2.21. The number of benzene rings is 1. The molecule has 0 radical (unpaired) electrons.